The fraction of sp³-hybridized carbons (Fsp3) is 0.647. The standard InChI is InChI=1S/C17H29NO3/c1-13(2)21-15-8-6-14(7-9-15)16(18)12-19-10-11-20-17(3,4)5/h6-9,13,16H,10-12,18H2,1-5H3. The highest BCUT2D eigenvalue weighted by Crippen LogP contribution is 2.17. The first-order valence-corrected chi connectivity index (χ1v) is 7.52. The Kier molecular flexibility index (Phi) is 7.15. The normalized spacial score (nSPS) is 13.5. The Morgan fingerprint density at radius 2 is 1.67 bits per heavy atom. The van der Waals surface area contributed by atoms with Crippen LogP contribution in [0.25, 0.3) is 0 Å². The van der Waals surface area contributed by atoms with Crippen LogP contribution in [0.2, 0.25) is 0 Å². The summed E-state index contributed by atoms with van der Waals surface area (Å²) in [7, 11) is 0. The summed E-state index contributed by atoms with van der Waals surface area (Å²) in [6.45, 7) is 11.7. The van der Waals surface area contributed by atoms with Crippen molar-refractivity contribution in [1.29, 1.82) is 0 Å². The molecule has 21 heavy (non-hydrogen) atoms. The molecular weight excluding hydrogens is 266 g/mol. The van der Waals surface area contributed by atoms with Crippen molar-refractivity contribution in [3.8, 4) is 5.75 Å². The van der Waals surface area contributed by atoms with Gasteiger partial charge in [-0.2, -0.15) is 0 Å². The summed E-state index contributed by atoms with van der Waals surface area (Å²) < 4.78 is 16.8. The van der Waals surface area contributed by atoms with Crippen LogP contribution < -0.4 is 10.5 Å². The lowest BCUT2D eigenvalue weighted by Crippen LogP contribution is -2.23. The third-order valence-corrected chi connectivity index (χ3v) is 2.74. The smallest absolute Gasteiger partial charge is 0.119 e. The van der Waals surface area contributed by atoms with E-state index < -0.39 is 0 Å². The summed E-state index contributed by atoms with van der Waals surface area (Å²) in [5.74, 6) is 0.862. The van der Waals surface area contributed by atoms with Crippen LogP contribution in [0.1, 0.15) is 46.2 Å². The lowest BCUT2D eigenvalue weighted by Gasteiger charge is -2.20. The van der Waals surface area contributed by atoms with Crippen molar-refractivity contribution in [2.75, 3.05) is 19.8 Å². The van der Waals surface area contributed by atoms with E-state index in [4.69, 9.17) is 19.9 Å². The predicted molar refractivity (Wildman–Crippen MR) is 85.7 cm³/mol. The minimum atomic E-state index is -0.132. The average molecular weight is 295 g/mol. The van der Waals surface area contributed by atoms with Crippen LogP contribution in [0.5, 0.6) is 5.75 Å². The summed E-state index contributed by atoms with van der Waals surface area (Å²) in [5.41, 5.74) is 7.02. The molecule has 0 aliphatic heterocycles. The third-order valence-electron chi connectivity index (χ3n) is 2.74. The van der Waals surface area contributed by atoms with Crippen molar-refractivity contribution in [2.45, 2.75) is 52.4 Å². The van der Waals surface area contributed by atoms with Crippen molar-refractivity contribution in [2.24, 2.45) is 5.73 Å². The summed E-state index contributed by atoms with van der Waals surface area (Å²) in [5, 5.41) is 0. The number of benzene rings is 1. The Bertz CT molecular complexity index is 395. The van der Waals surface area contributed by atoms with Gasteiger partial charge in [-0.3, -0.25) is 0 Å². The van der Waals surface area contributed by atoms with Gasteiger partial charge in [0, 0.05) is 0 Å². The molecule has 1 rings (SSSR count). The largest absolute Gasteiger partial charge is 0.491 e. The minimum absolute atomic E-state index is 0.127. The number of nitrogens with two attached hydrogens (primary N) is 1. The van der Waals surface area contributed by atoms with Gasteiger partial charge in [-0.05, 0) is 52.3 Å². The van der Waals surface area contributed by atoms with Crippen molar-refractivity contribution in [3.05, 3.63) is 29.8 Å². The van der Waals surface area contributed by atoms with E-state index in [1.807, 2.05) is 58.9 Å². The zero-order valence-electron chi connectivity index (χ0n) is 13.9. The van der Waals surface area contributed by atoms with Crippen molar-refractivity contribution in [1.82, 2.24) is 0 Å². The van der Waals surface area contributed by atoms with Gasteiger partial charge in [0.25, 0.3) is 0 Å². The van der Waals surface area contributed by atoms with Crippen LogP contribution in [0.15, 0.2) is 24.3 Å². The predicted octanol–water partition coefficient (Wildman–Crippen LogP) is 3.31. The van der Waals surface area contributed by atoms with E-state index in [0.29, 0.717) is 19.8 Å². The molecule has 0 aliphatic rings. The van der Waals surface area contributed by atoms with E-state index in [2.05, 4.69) is 0 Å². The Morgan fingerprint density at radius 3 is 2.19 bits per heavy atom. The number of hydrogen-bond donors (Lipinski definition) is 1. The van der Waals surface area contributed by atoms with E-state index >= 15 is 0 Å². The summed E-state index contributed by atoms with van der Waals surface area (Å²) in [6, 6.07) is 7.72. The van der Waals surface area contributed by atoms with Crippen LogP contribution in [0.3, 0.4) is 0 Å². The second-order valence-electron chi connectivity index (χ2n) is 6.38. The molecule has 0 spiro atoms. The highest BCUT2D eigenvalue weighted by molar-refractivity contribution is 5.29. The van der Waals surface area contributed by atoms with E-state index in [-0.39, 0.29) is 17.7 Å². The first-order chi connectivity index (χ1) is 9.78. The Labute approximate surface area is 128 Å². The average Bonchev–Trinajstić information content (AvgIpc) is 2.37. The monoisotopic (exact) mass is 295 g/mol. The van der Waals surface area contributed by atoms with Gasteiger partial charge < -0.3 is 19.9 Å². The molecule has 0 amide bonds. The van der Waals surface area contributed by atoms with Crippen molar-refractivity contribution in [3.63, 3.8) is 0 Å². The maximum Gasteiger partial charge on any atom is 0.119 e. The molecule has 0 saturated carbocycles. The van der Waals surface area contributed by atoms with E-state index in [9.17, 15) is 0 Å². The van der Waals surface area contributed by atoms with Crippen LogP contribution >= 0.6 is 0 Å². The second-order valence-corrected chi connectivity index (χ2v) is 6.38. The lowest BCUT2D eigenvalue weighted by molar-refractivity contribution is -0.0363. The van der Waals surface area contributed by atoms with Crippen LogP contribution in [-0.2, 0) is 9.47 Å². The van der Waals surface area contributed by atoms with Gasteiger partial charge in [-0.15, -0.1) is 0 Å². The third kappa shape index (κ3) is 8.05. The molecule has 0 saturated heterocycles. The van der Waals surface area contributed by atoms with Gasteiger partial charge in [-0.25, -0.2) is 0 Å². The van der Waals surface area contributed by atoms with Crippen LogP contribution in [0, 0.1) is 0 Å². The molecule has 1 atom stereocenters. The fourth-order valence-corrected chi connectivity index (χ4v) is 1.78. The number of hydrogen-bond acceptors (Lipinski definition) is 4. The van der Waals surface area contributed by atoms with Gasteiger partial charge in [0.1, 0.15) is 5.75 Å². The molecule has 1 aromatic rings. The quantitative estimate of drug-likeness (QED) is 0.748. The molecule has 0 aliphatic carbocycles. The van der Waals surface area contributed by atoms with Crippen LogP contribution in [0.4, 0.5) is 0 Å². The highest BCUT2D eigenvalue weighted by atomic mass is 16.5. The van der Waals surface area contributed by atoms with E-state index in [0.717, 1.165) is 11.3 Å². The Balaban J connectivity index is 2.30. The number of ether oxygens (including phenoxy) is 3. The lowest BCUT2D eigenvalue weighted by atomic mass is 10.1. The van der Waals surface area contributed by atoms with Crippen LogP contribution in [-0.4, -0.2) is 31.5 Å². The van der Waals surface area contributed by atoms with Crippen molar-refractivity contribution >= 4 is 0 Å². The van der Waals surface area contributed by atoms with Gasteiger partial charge in [0.15, 0.2) is 0 Å². The second kappa shape index (κ2) is 8.37. The molecule has 0 radical (unpaired) electrons. The van der Waals surface area contributed by atoms with Gasteiger partial charge >= 0.3 is 0 Å². The highest BCUT2D eigenvalue weighted by Gasteiger charge is 2.10. The summed E-state index contributed by atoms with van der Waals surface area (Å²) in [4.78, 5) is 0. The zero-order chi connectivity index (χ0) is 15.9. The Hall–Kier alpha value is -1.10. The SMILES string of the molecule is CC(C)Oc1ccc(C(N)COCCOC(C)(C)C)cc1. The first kappa shape index (κ1) is 18.0. The van der Waals surface area contributed by atoms with Gasteiger partial charge in [0.2, 0.25) is 0 Å². The van der Waals surface area contributed by atoms with Crippen molar-refractivity contribution < 1.29 is 14.2 Å². The number of rotatable bonds is 8. The molecule has 0 heterocycles. The summed E-state index contributed by atoms with van der Waals surface area (Å²) >= 11 is 0. The van der Waals surface area contributed by atoms with E-state index in [1.165, 1.54) is 0 Å². The minimum Gasteiger partial charge on any atom is -0.491 e. The topological polar surface area (TPSA) is 53.7 Å². The molecule has 4 heteroatoms. The molecular formula is C17H29NO3. The molecule has 0 fully saturated rings. The Morgan fingerprint density at radius 1 is 1.05 bits per heavy atom. The maximum absolute atomic E-state index is 6.11. The molecule has 1 unspecified atom stereocenters. The maximum atomic E-state index is 6.11. The summed E-state index contributed by atoms with van der Waals surface area (Å²) in [6.07, 6.45) is 0.177. The van der Waals surface area contributed by atoms with Gasteiger partial charge in [0.05, 0.1) is 37.6 Å². The molecule has 0 aromatic heterocycles. The first-order valence-electron chi connectivity index (χ1n) is 7.52. The van der Waals surface area contributed by atoms with E-state index in [1.54, 1.807) is 0 Å². The van der Waals surface area contributed by atoms with Gasteiger partial charge in [-0.1, -0.05) is 12.1 Å². The zero-order valence-corrected chi connectivity index (χ0v) is 13.9. The molecule has 1 aromatic carbocycles. The molecule has 0 bridgehead atoms. The fourth-order valence-electron chi connectivity index (χ4n) is 1.78. The molecule has 120 valence electrons. The molecule has 2 N–H and O–H groups in total. The molecule has 4 nitrogen and oxygen atoms in total.